The minimum Gasteiger partial charge on any atom is -0.378 e. The molecule has 0 aliphatic carbocycles. The summed E-state index contributed by atoms with van der Waals surface area (Å²) in [4.78, 5) is 12.5. The Kier molecular flexibility index (Phi) is 5.08. The molecule has 0 fully saturated rings. The highest BCUT2D eigenvalue weighted by molar-refractivity contribution is 5.68. The average Bonchev–Trinajstić information content (AvgIpc) is 2.37. The molecule has 0 heterocycles. The van der Waals surface area contributed by atoms with Crippen LogP contribution in [0.15, 0.2) is 18.2 Å². The van der Waals surface area contributed by atoms with Crippen molar-refractivity contribution in [3.8, 4) is 6.07 Å². The number of likely N-dealkylation sites (N-methyl/N-ethyl adjacent to an activating group) is 1. The van der Waals surface area contributed by atoms with Crippen molar-refractivity contribution in [1.82, 2.24) is 4.90 Å². The van der Waals surface area contributed by atoms with E-state index in [1.807, 2.05) is 20.0 Å². The zero-order valence-corrected chi connectivity index (χ0v) is 10.5. The van der Waals surface area contributed by atoms with Gasteiger partial charge in [0, 0.05) is 13.1 Å². The van der Waals surface area contributed by atoms with E-state index in [9.17, 15) is 10.1 Å². The number of nitro groups is 1. The number of nitro benzene ring substituents is 1. The molecule has 0 amide bonds. The third-order valence-corrected chi connectivity index (χ3v) is 2.69. The smallest absolute Gasteiger partial charge is 0.309 e. The van der Waals surface area contributed by atoms with Crippen LogP contribution in [0.2, 0.25) is 0 Å². The first-order chi connectivity index (χ1) is 8.60. The van der Waals surface area contributed by atoms with Crippen LogP contribution in [0.5, 0.6) is 0 Å². The van der Waals surface area contributed by atoms with Gasteiger partial charge >= 0.3 is 5.69 Å². The first-order valence-corrected chi connectivity index (χ1v) is 5.70. The van der Waals surface area contributed by atoms with Crippen molar-refractivity contribution < 1.29 is 4.92 Å². The lowest BCUT2D eigenvalue weighted by molar-refractivity contribution is -0.384. The number of hydrogen-bond donors (Lipinski definition) is 1. The standard InChI is InChI=1S/C12H16N4O2/c1-3-15(2)8-7-14-11-6-4-5-10(9-13)12(11)16(17)18/h4-6,14H,3,7-8H2,1-2H3. The van der Waals surface area contributed by atoms with Gasteiger partial charge in [-0.25, -0.2) is 0 Å². The SMILES string of the molecule is CCN(C)CCNc1cccc(C#N)c1[N+](=O)[O-]. The largest absolute Gasteiger partial charge is 0.378 e. The van der Waals surface area contributed by atoms with E-state index in [1.165, 1.54) is 6.07 Å². The first-order valence-electron chi connectivity index (χ1n) is 5.70. The number of anilines is 1. The topological polar surface area (TPSA) is 82.2 Å². The second-order valence-corrected chi connectivity index (χ2v) is 3.89. The summed E-state index contributed by atoms with van der Waals surface area (Å²) in [5, 5.41) is 22.8. The molecule has 0 unspecified atom stereocenters. The fraction of sp³-hybridized carbons (Fsp3) is 0.417. The molecular weight excluding hydrogens is 232 g/mol. The molecule has 0 atom stereocenters. The molecule has 0 saturated heterocycles. The average molecular weight is 248 g/mol. The van der Waals surface area contributed by atoms with Crippen molar-refractivity contribution >= 4 is 11.4 Å². The van der Waals surface area contributed by atoms with E-state index < -0.39 is 4.92 Å². The fourth-order valence-corrected chi connectivity index (χ4v) is 1.51. The summed E-state index contributed by atoms with van der Waals surface area (Å²) in [5.74, 6) is 0. The van der Waals surface area contributed by atoms with E-state index in [-0.39, 0.29) is 11.3 Å². The maximum absolute atomic E-state index is 11.0. The number of para-hydroxylation sites is 1. The Morgan fingerprint density at radius 3 is 2.83 bits per heavy atom. The van der Waals surface area contributed by atoms with Crippen molar-refractivity contribution in [3.63, 3.8) is 0 Å². The monoisotopic (exact) mass is 248 g/mol. The molecule has 6 heteroatoms. The molecule has 1 N–H and O–H groups in total. The molecule has 96 valence electrons. The molecule has 6 nitrogen and oxygen atoms in total. The number of nitrogens with zero attached hydrogens (tertiary/aromatic N) is 3. The quantitative estimate of drug-likeness (QED) is 0.613. The van der Waals surface area contributed by atoms with E-state index in [0.29, 0.717) is 12.2 Å². The molecule has 0 aliphatic heterocycles. The minimum atomic E-state index is -0.523. The molecule has 18 heavy (non-hydrogen) atoms. The van der Waals surface area contributed by atoms with Crippen LogP contribution in [-0.2, 0) is 0 Å². The van der Waals surface area contributed by atoms with Crippen molar-refractivity contribution in [3.05, 3.63) is 33.9 Å². The summed E-state index contributed by atoms with van der Waals surface area (Å²) >= 11 is 0. The van der Waals surface area contributed by atoms with Gasteiger partial charge in [-0.1, -0.05) is 13.0 Å². The van der Waals surface area contributed by atoms with Gasteiger partial charge < -0.3 is 10.2 Å². The highest BCUT2D eigenvalue weighted by Crippen LogP contribution is 2.27. The molecule has 0 aliphatic rings. The lowest BCUT2D eigenvalue weighted by Crippen LogP contribution is -2.24. The van der Waals surface area contributed by atoms with Crippen LogP contribution in [0, 0.1) is 21.4 Å². The van der Waals surface area contributed by atoms with Crippen LogP contribution in [0.1, 0.15) is 12.5 Å². The predicted molar refractivity (Wildman–Crippen MR) is 69.5 cm³/mol. The molecule has 0 saturated carbocycles. The normalized spacial score (nSPS) is 10.1. The van der Waals surface area contributed by atoms with Crippen LogP contribution < -0.4 is 5.32 Å². The third-order valence-electron chi connectivity index (χ3n) is 2.69. The fourth-order valence-electron chi connectivity index (χ4n) is 1.51. The molecule has 1 aromatic carbocycles. The highest BCUT2D eigenvalue weighted by Gasteiger charge is 2.18. The summed E-state index contributed by atoms with van der Waals surface area (Å²) in [5.41, 5.74) is 0.316. The number of nitrogens with one attached hydrogen (secondary N) is 1. The zero-order chi connectivity index (χ0) is 13.5. The Bertz CT molecular complexity index is 468. The number of benzene rings is 1. The summed E-state index contributed by atoms with van der Waals surface area (Å²) in [6, 6.07) is 6.53. The maximum Gasteiger partial charge on any atom is 0.309 e. The van der Waals surface area contributed by atoms with Crippen LogP contribution in [0.3, 0.4) is 0 Å². The molecule has 1 rings (SSSR count). The summed E-state index contributed by atoms with van der Waals surface area (Å²) in [6.45, 7) is 4.34. The summed E-state index contributed by atoms with van der Waals surface area (Å²) < 4.78 is 0. The van der Waals surface area contributed by atoms with Crippen LogP contribution in [0.4, 0.5) is 11.4 Å². The van der Waals surface area contributed by atoms with Crippen LogP contribution >= 0.6 is 0 Å². The van der Waals surface area contributed by atoms with Crippen molar-refractivity contribution in [1.29, 1.82) is 5.26 Å². The van der Waals surface area contributed by atoms with Gasteiger partial charge in [0.05, 0.1) is 4.92 Å². The second-order valence-electron chi connectivity index (χ2n) is 3.89. The van der Waals surface area contributed by atoms with Crippen LogP contribution in [0.25, 0.3) is 0 Å². The Hall–Kier alpha value is -2.13. The number of nitriles is 1. The second kappa shape index (κ2) is 6.57. The molecular formula is C12H16N4O2. The van der Waals surface area contributed by atoms with Gasteiger partial charge in [-0.05, 0) is 25.7 Å². The Morgan fingerprint density at radius 2 is 2.28 bits per heavy atom. The van der Waals surface area contributed by atoms with Gasteiger partial charge in [-0.3, -0.25) is 10.1 Å². The van der Waals surface area contributed by atoms with E-state index in [4.69, 9.17) is 5.26 Å². The van der Waals surface area contributed by atoms with E-state index in [2.05, 4.69) is 10.2 Å². The summed E-state index contributed by atoms with van der Waals surface area (Å²) in [6.07, 6.45) is 0. The lowest BCUT2D eigenvalue weighted by Gasteiger charge is -2.14. The highest BCUT2D eigenvalue weighted by atomic mass is 16.6. The Balaban J connectivity index is 2.83. The lowest BCUT2D eigenvalue weighted by atomic mass is 10.1. The van der Waals surface area contributed by atoms with E-state index >= 15 is 0 Å². The minimum absolute atomic E-state index is 0.0776. The Morgan fingerprint density at radius 1 is 1.56 bits per heavy atom. The molecule has 0 aromatic heterocycles. The van der Waals surface area contributed by atoms with E-state index in [0.717, 1.165) is 13.1 Å². The molecule has 1 aromatic rings. The summed E-state index contributed by atoms with van der Waals surface area (Å²) in [7, 11) is 1.97. The molecule has 0 bridgehead atoms. The van der Waals surface area contributed by atoms with Crippen LogP contribution in [-0.4, -0.2) is 36.5 Å². The van der Waals surface area contributed by atoms with Gasteiger partial charge in [-0.15, -0.1) is 0 Å². The molecule has 0 radical (unpaired) electrons. The Labute approximate surface area is 106 Å². The number of rotatable bonds is 6. The predicted octanol–water partition coefficient (Wildman–Crippen LogP) is 1.83. The van der Waals surface area contributed by atoms with E-state index in [1.54, 1.807) is 12.1 Å². The van der Waals surface area contributed by atoms with Crippen molar-refractivity contribution in [2.75, 3.05) is 32.0 Å². The van der Waals surface area contributed by atoms with Gasteiger partial charge in [-0.2, -0.15) is 5.26 Å². The van der Waals surface area contributed by atoms with Gasteiger partial charge in [0.2, 0.25) is 0 Å². The van der Waals surface area contributed by atoms with Crippen molar-refractivity contribution in [2.24, 2.45) is 0 Å². The number of hydrogen-bond acceptors (Lipinski definition) is 5. The van der Waals surface area contributed by atoms with Gasteiger partial charge in [0.25, 0.3) is 0 Å². The van der Waals surface area contributed by atoms with Gasteiger partial charge in [0.1, 0.15) is 17.3 Å². The maximum atomic E-state index is 11.0. The zero-order valence-electron chi connectivity index (χ0n) is 10.5. The van der Waals surface area contributed by atoms with Crippen molar-refractivity contribution in [2.45, 2.75) is 6.92 Å². The molecule has 0 spiro atoms. The van der Waals surface area contributed by atoms with Gasteiger partial charge in [0.15, 0.2) is 0 Å². The first kappa shape index (κ1) is 13.9. The third kappa shape index (κ3) is 3.43.